The number of allylic oxidation sites excluding steroid dienone is 4. The van der Waals surface area contributed by atoms with Crippen LogP contribution in [0.5, 0.6) is 5.75 Å². The zero-order valence-electron chi connectivity index (χ0n) is 23.9. The van der Waals surface area contributed by atoms with Gasteiger partial charge in [0.15, 0.2) is 18.2 Å². The summed E-state index contributed by atoms with van der Waals surface area (Å²) in [5.74, 6) is -0.180. The number of ether oxygens (including phenoxy) is 1. The summed E-state index contributed by atoms with van der Waals surface area (Å²) in [7, 11) is 0. The van der Waals surface area contributed by atoms with E-state index in [0.717, 1.165) is 29.8 Å². The number of hydrogen-bond acceptors (Lipinski definition) is 5. The zero-order valence-corrected chi connectivity index (χ0v) is 24.7. The summed E-state index contributed by atoms with van der Waals surface area (Å²) in [5.41, 5.74) is 4.48. The van der Waals surface area contributed by atoms with Crippen molar-refractivity contribution in [2.75, 3.05) is 18.5 Å². The summed E-state index contributed by atoms with van der Waals surface area (Å²) in [4.78, 5) is 42.7. The highest BCUT2D eigenvalue weighted by Crippen LogP contribution is 2.55. The molecule has 0 bridgehead atoms. The Kier molecular flexibility index (Phi) is 7.43. The third-order valence-electron chi connectivity index (χ3n) is 8.05. The number of carbonyl (C=O) groups excluding carboxylic acids is 3. The average Bonchev–Trinajstić information content (AvgIpc) is 2.86. The van der Waals surface area contributed by atoms with E-state index in [1.54, 1.807) is 24.3 Å². The number of benzene rings is 2. The largest absolute Gasteiger partial charge is 0.483 e. The van der Waals surface area contributed by atoms with Gasteiger partial charge in [-0.3, -0.25) is 14.4 Å². The van der Waals surface area contributed by atoms with Gasteiger partial charge in [-0.1, -0.05) is 57.5 Å². The molecule has 0 spiro atoms. The van der Waals surface area contributed by atoms with Crippen LogP contribution >= 0.6 is 11.6 Å². The van der Waals surface area contributed by atoms with Gasteiger partial charge in [0.05, 0.1) is 0 Å². The number of rotatable bonds is 6. The Morgan fingerprint density at radius 1 is 0.900 bits per heavy atom. The molecular weight excluding hydrogens is 524 g/mol. The van der Waals surface area contributed by atoms with Crippen molar-refractivity contribution in [3.63, 3.8) is 0 Å². The molecule has 0 saturated carbocycles. The molecule has 1 heterocycles. The van der Waals surface area contributed by atoms with E-state index in [-0.39, 0.29) is 34.9 Å². The lowest BCUT2D eigenvalue weighted by Crippen LogP contribution is -2.44. The lowest BCUT2D eigenvalue weighted by atomic mass is 9.63. The highest BCUT2D eigenvalue weighted by Gasteiger charge is 2.49. The number of ketones is 2. The minimum atomic E-state index is -0.518. The Morgan fingerprint density at radius 3 is 2.00 bits per heavy atom. The molecule has 2 aromatic rings. The predicted molar refractivity (Wildman–Crippen MR) is 157 cm³/mol. The van der Waals surface area contributed by atoms with Crippen LogP contribution in [-0.4, -0.2) is 35.5 Å². The lowest BCUT2D eigenvalue weighted by molar-refractivity contribution is -0.120. The van der Waals surface area contributed by atoms with Crippen molar-refractivity contribution >= 4 is 34.8 Å². The minimum absolute atomic E-state index is 0.0779. The van der Waals surface area contributed by atoms with Crippen LogP contribution in [0, 0.1) is 10.8 Å². The van der Waals surface area contributed by atoms with Crippen molar-refractivity contribution in [2.45, 2.75) is 66.2 Å². The maximum Gasteiger partial charge on any atom is 0.262 e. The van der Waals surface area contributed by atoms with Crippen LogP contribution in [0.15, 0.2) is 71.1 Å². The van der Waals surface area contributed by atoms with Gasteiger partial charge in [0, 0.05) is 64.1 Å². The molecule has 2 aromatic carbocycles. The van der Waals surface area contributed by atoms with Crippen LogP contribution in [-0.2, 0) is 14.4 Å². The smallest absolute Gasteiger partial charge is 0.262 e. The zero-order chi connectivity index (χ0) is 28.8. The molecule has 2 aliphatic carbocycles. The number of anilines is 1. The molecule has 40 heavy (non-hydrogen) atoms. The molecule has 0 saturated heterocycles. The minimum Gasteiger partial charge on any atom is -0.483 e. The van der Waals surface area contributed by atoms with Crippen LogP contribution in [0.1, 0.15) is 71.8 Å². The molecule has 0 fully saturated rings. The first-order chi connectivity index (χ1) is 18.9. The van der Waals surface area contributed by atoms with Crippen molar-refractivity contribution in [2.24, 2.45) is 10.8 Å². The molecule has 210 valence electrons. The number of halogens is 1. The first kappa shape index (κ1) is 28.2. The second kappa shape index (κ2) is 10.5. The van der Waals surface area contributed by atoms with Gasteiger partial charge in [0.1, 0.15) is 5.75 Å². The number of para-hydroxylation sites is 1. The summed E-state index contributed by atoms with van der Waals surface area (Å²) < 4.78 is 6.09. The summed E-state index contributed by atoms with van der Waals surface area (Å²) in [6, 6.07) is 14.3. The second-order valence-electron chi connectivity index (χ2n) is 12.7. The Morgan fingerprint density at radius 2 is 1.45 bits per heavy atom. The van der Waals surface area contributed by atoms with Gasteiger partial charge >= 0.3 is 0 Å². The SMILES string of the molecule is CCN1C2=C(C(=O)CC(C)(C)C2)C(c2ccccc2OCC(=O)Nc2ccc(Cl)cc2)C2=C1CC(C)(C)CC2=O. The molecule has 1 amide bonds. The highest BCUT2D eigenvalue weighted by atomic mass is 35.5. The van der Waals surface area contributed by atoms with E-state index in [1.165, 1.54) is 0 Å². The first-order valence-electron chi connectivity index (χ1n) is 14.0. The summed E-state index contributed by atoms with van der Waals surface area (Å²) in [5, 5.41) is 3.40. The van der Waals surface area contributed by atoms with Crippen LogP contribution in [0.3, 0.4) is 0 Å². The fourth-order valence-electron chi connectivity index (χ4n) is 6.46. The van der Waals surface area contributed by atoms with Crippen molar-refractivity contribution in [1.29, 1.82) is 0 Å². The van der Waals surface area contributed by atoms with Crippen LogP contribution in [0.4, 0.5) is 5.69 Å². The van der Waals surface area contributed by atoms with Crippen LogP contribution in [0.25, 0.3) is 0 Å². The third kappa shape index (κ3) is 5.46. The van der Waals surface area contributed by atoms with E-state index in [4.69, 9.17) is 16.3 Å². The number of hydrogen-bond donors (Lipinski definition) is 1. The van der Waals surface area contributed by atoms with E-state index in [2.05, 4.69) is 44.8 Å². The van der Waals surface area contributed by atoms with E-state index >= 15 is 0 Å². The maximum absolute atomic E-state index is 13.9. The summed E-state index contributed by atoms with van der Waals surface area (Å²) in [6.45, 7) is 11.1. The van der Waals surface area contributed by atoms with Crippen molar-refractivity contribution in [3.8, 4) is 5.75 Å². The molecule has 1 aliphatic heterocycles. The Bertz CT molecular complexity index is 1380. The van der Waals surface area contributed by atoms with Gasteiger partial charge in [-0.25, -0.2) is 0 Å². The van der Waals surface area contributed by atoms with E-state index in [0.29, 0.717) is 47.0 Å². The molecule has 7 heteroatoms. The standard InChI is InChI=1S/C33H37ClN2O4/c1-6-36-23-15-32(2,3)17-25(37)30(23)29(31-24(36)16-33(4,5)18-26(31)38)22-9-7-8-10-27(22)40-19-28(39)35-21-13-11-20(34)12-14-21/h7-14,29H,6,15-19H2,1-5H3,(H,35,39). The number of nitrogens with zero attached hydrogens (tertiary/aromatic N) is 1. The lowest BCUT2D eigenvalue weighted by Gasteiger charge is -2.49. The fraction of sp³-hybridized carbons (Fsp3) is 0.424. The molecule has 3 aliphatic rings. The maximum atomic E-state index is 13.9. The Balaban J connectivity index is 1.55. The number of carbonyl (C=O) groups is 3. The van der Waals surface area contributed by atoms with Gasteiger partial charge < -0.3 is 15.0 Å². The quantitative estimate of drug-likeness (QED) is 0.409. The van der Waals surface area contributed by atoms with Gasteiger partial charge in [0.2, 0.25) is 0 Å². The molecule has 0 unspecified atom stereocenters. The molecule has 5 rings (SSSR count). The Labute approximate surface area is 241 Å². The molecule has 6 nitrogen and oxygen atoms in total. The number of amides is 1. The molecular formula is C33H37ClN2O4. The number of nitrogens with one attached hydrogen (secondary N) is 1. The van der Waals surface area contributed by atoms with Gasteiger partial charge in [0.25, 0.3) is 5.91 Å². The predicted octanol–water partition coefficient (Wildman–Crippen LogP) is 7.06. The Hall–Kier alpha value is -3.38. The van der Waals surface area contributed by atoms with Crippen molar-refractivity contribution < 1.29 is 19.1 Å². The highest BCUT2D eigenvalue weighted by molar-refractivity contribution is 6.30. The second-order valence-corrected chi connectivity index (χ2v) is 13.1. The third-order valence-corrected chi connectivity index (χ3v) is 8.31. The van der Waals surface area contributed by atoms with Gasteiger partial charge in [-0.05, 0) is 60.9 Å². The van der Waals surface area contributed by atoms with Crippen LogP contribution < -0.4 is 10.1 Å². The van der Waals surface area contributed by atoms with E-state index in [1.807, 2.05) is 24.3 Å². The molecule has 0 atom stereocenters. The van der Waals surface area contributed by atoms with Crippen molar-refractivity contribution in [1.82, 2.24) is 4.90 Å². The summed E-state index contributed by atoms with van der Waals surface area (Å²) in [6.07, 6.45) is 2.37. The topological polar surface area (TPSA) is 75.7 Å². The van der Waals surface area contributed by atoms with Crippen molar-refractivity contribution in [3.05, 3.63) is 81.7 Å². The van der Waals surface area contributed by atoms with E-state index in [9.17, 15) is 14.4 Å². The van der Waals surface area contributed by atoms with E-state index < -0.39 is 5.92 Å². The van der Waals surface area contributed by atoms with Gasteiger partial charge in [-0.2, -0.15) is 0 Å². The fourth-order valence-corrected chi connectivity index (χ4v) is 6.59. The normalized spacial score (nSPS) is 20.3. The van der Waals surface area contributed by atoms with Crippen LogP contribution in [0.2, 0.25) is 5.02 Å². The van der Waals surface area contributed by atoms with Gasteiger partial charge in [-0.15, -0.1) is 0 Å². The summed E-state index contributed by atoms with van der Waals surface area (Å²) >= 11 is 5.95. The number of Topliss-reactive ketones (excluding diaryl/α,β-unsaturated/α-hetero) is 2. The first-order valence-corrected chi connectivity index (χ1v) is 14.3. The average molecular weight is 561 g/mol. The molecule has 1 N–H and O–H groups in total. The monoisotopic (exact) mass is 560 g/mol. The molecule has 0 aromatic heterocycles. The molecule has 0 radical (unpaired) electrons.